The summed E-state index contributed by atoms with van der Waals surface area (Å²) in [6.45, 7) is 9.78. The molecule has 2 heterocycles. The minimum absolute atomic E-state index is 0.119. The molecule has 0 spiro atoms. The van der Waals surface area contributed by atoms with E-state index in [1.807, 2.05) is 18.2 Å². The minimum Gasteiger partial charge on any atom is -0.366 e. The number of ketones is 1. The number of Topliss-reactive ketones (excluding diaryl/α,β-unsaturated/α-hetero) is 1. The molecule has 32 heavy (non-hydrogen) atoms. The molecule has 5 heteroatoms. The van der Waals surface area contributed by atoms with Crippen LogP contribution < -0.4 is 5.73 Å². The van der Waals surface area contributed by atoms with Crippen molar-refractivity contribution in [1.82, 2.24) is 0 Å². The van der Waals surface area contributed by atoms with Gasteiger partial charge >= 0.3 is 0 Å². The highest BCUT2D eigenvalue weighted by Gasteiger charge is 2.36. The van der Waals surface area contributed by atoms with Crippen molar-refractivity contribution in [3.63, 3.8) is 0 Å². The molecular weight excluding hydrogens is 416 g/mol. The number of primary amides is 1. The Morgan fingerprint density at radius 3 is 2.47 bits per heavy atom. The lowest BCUT2D eigenvalue weighted by atomic mass is 9.92. The van der Waals surface area contributed by atoms with Gasteiger partial charge in [0.15, 0.2) is 0 Å². The Balaban J connectivity index is 1.55. The van der Waals surface area contributed by atoms with Gasteiger partial charge in [0.1, 0.15) is 12.3 Å². The number of thiophene rings is 1. The number of nitrogens with zero attached hydrogens (tertiary/aromatic N) is 1. The summed E-state index contributed by atoms with van der Waals surface area (Å²) >= 11 is 1.62. The maximum atomic E-state index is 13.0. The van der Waals surface area contributed by atoms with Crippen LogP contribution >= 0.6 is 11.3 Å². The maximum Gasteiger partial charge on any atom is 0.250 e. The maximum absolute atomic E-state index is 13.0. The van der Waals surface area contributed by atoms with Crippen molar-refractivity contribution in [2.75, 3.05) is 20.1 Å². The first-order chi connectivity index (χ1) is 15.0. The van der Waals surface area contributed by atoms with Gasteiger partial charge in [0, 0.05) is 29.6 Å². The average molecular weight is 450 g/mol. The molecule has 4 nitrogen and oxygen atoms in total. The predicted octanol–water partition coefficient (Wildman–Crippen LogP) is 4.90. The molecule has 1 aromatic heterocycles. The lowest BCUT2D eigenvalue weighted by Gasteiger charge is -2.41. The normalized spacial score (nSPS) is 18.5. The first kappa shape index (κ1) is 22.7. The summed E-state index contributed by atoms with van der Waals surface area (Å²) in [7, 11) is 2.29. The second-order valence-corrected chi connectivity index (χ2v) is 11.9. The van der Waals surface area contributed by atoms with Crippen LogP contribution in [0.4, 0.5) is 0 Å². The fourth-order valence-electron chi connectivity index (χ4n) is 5.28. The van der Waals surface area contributed by atoms with Gasteiger partial charge in [-0.25, -0.2) is 0 Å². The summed E-state index contributed by atoms with van der Waals surface area (Å²) in [5.74, 6) is -0.281. The van der Waals surface area contributed by atoms with E-state index in [1.165, 1.54) is 10.3 Å². The summed E-state index contributed by atoms with van der Waals surface area (Å²) < 4.78 is 0.958. The van der Waals surface area contributed by atoms with Crippen LogP contribution in [-0.2, 0) is 30.6 Å². The molecule has 0 fully saturated rings. The lowest BCUT2D eigenvalue weighted by molar-refractivity contribution is -0.929. The fourth-order valence-corrected chi connectivity index (χ4v) is 6.84. The number of nitrogens with two attached hydrogens (primary N) is 1. The van der Waals surface area contributed by atoms with Gasteiger partial charge in [0.05, 0.1) is 30.6 Å². The number of carbonyl (C=O) groups is 2. The third kappa shape index (κ3) is 4.94. The van der Waals surface area contributed by atoms with Gasteiger partial charge in [-0.1, -0.05) is 63.2 Å². The van der Waals surface area contributed by atoms with E-state index in [9.17, 15) is 9.59 Å². The summed E-state index contributed by atoms with van der Waals surface area (Å²) in [5.41, 5.74) is 8.72. The molecule has 0 radical (unpaired) electrons. The number of hydrogen-bond acceptors (Lipinski definition) is 3. The largest absolute Gasteiger partial charge is 0.366 e. The SMILES string of the molecule is CC(C)(C)C[N+]1(C)CCc2c(sc(CC(=O)Cc3ccc4ccccc4c3)c2C(N)=O)C1. The van der Waals surface area contributed by atoms with Gasteiger partial charge in [-0.15, -0.1) is 11.3 Å². The van der Waals surface area contributed by atoms with E-state index in [0.717, 1.165) is 51.9 Å². The summed E-state index contributed by atoms with van der Waals surface area (Å²) in [6.07, 6.45) is 1.48. The molecular formula is C27H33N2O2S+. The van der Waals surface area contributed by atoms with Crippen LogP contribution in [0, 0.1) is 5.41 Å². The van der Waals surface area contributed by atoms with Crippen LogP contribution in [-0.4, -0.2) is 36.3 Å². The molecule has 3 aromatic rings. The lowest BCUT2D eigenvalue weighted by Crippen LogP contribution is -2.51. The Kier molecular flexibility index (Phi) is 5.99. The van der Waals surface area contributed by atoms with E-state index in [0.29, 0.717) is 12.0 Å². The zero-order valence-electron chi connectivity index (χ0n) is 19.5. The Hall–Kier alpha value is -2.50. The molecule has 2 aromatic carbocycles. The van der Waals surface area contributed by atoms with Gasteiger partial charge in [-0.05, 0) is 21.9 Å². The smallest absolute Gasteiger partial charge is 0.250 e. The molecule has 1 aliphatic heterocycles. The first-order valence-electron chi connectivity index (χ1n) is 11.3. The molecule has 0 saturated heterocycles. The molecule has 0 bridgehead atoms. The first-order valence-corrected chi connectivity index (χ1v) is 12.1. The molecule has 2 N–H and O–H groups in total. The Bertz CT molecular complexity index is 1190. The monoisotopic (exact) mass is 449 g/mol. The van der Waals surface area contributed by atoms with Crippen molar-refractivity contribution < 1.29 is 14.1 Å². The Labute approximate surface area is 194 Å². The number of carbonyl (C=O) groups excluding carboxylic acids is 2. The quantitative estimate of drug-likeness (QED) is 0.544. The standard InChI is InChI=1S/C27H32N2O2S/c1-27(2,3)17-29(4)12-11-22-24(16-29)32-23(25(22)26(28)31)15-21(30)14-18-9-10-19-7-5-6-8-20(19)13-18/h5-10,13H,11-12,14-17H2,1-4H3,(H-,28,31)/p+1. The van der Waals surface area contributed by atoms with Gasteiger partial charge < -0.3 is 10.2 Å². The second-order valence-electron chi connectivity index (χ2n) is 10.7. The van der Waals surface area contributed by atoms with E-state index < -0.39 is 5.91 Å². The van der Waals surface area contributed by atoms with E-state index >= 15 is 0 Å². The highest BCUT2D eigenvalue weighted by molar-refractivity contribution is 7.12. The Morgan fingerprint density at radius 2 is 1.78 bits per heavy atom. The molecule has 1 atom stereocenters. The number of likely N-dealkylation sites (N-methyl/N-ethyl adjacent to an activating group) is 1. The third-order valence-corrected chi connectivity index (χ3v) is 7.48. The molecule has 0 saturated carbocycles. The minimum atomic E-state index is -0.400. The summed E-state index contributed by atoms with van der Waals surface area (Å²) in [6, 6.07) is 14.3. The van der Waals surface area contributed by atoms with Crippen LogP contribution in [0.1, 0.15) is 52.0 Å². The van der Waals surface area contributed by atoms with Crippen LogP contribution in [0.2, 0.25) is 0 Å². The second kappa shape index (κ2) is 8.45. The van der Waals surface area contributed by atoms with Crippen LogP contribution in [0.5, 0.6) is 0 Å². The highest BCUT2D eigenvalue weighted by atomic mass is 32.1. The van der Waals surface area contributed by atoms with Crippen molar-refractivity contribution in [1.29, 1.82) is 0 Å². The van der Waals surface area contributed by atoms with Crippen LogP contribution in [0.25, 0.3) is 10.8 Å². The molecule has 4 rings (SSSR count). The van der Waals surface area contributed by atoms with E-state index in [1.54, 1.807) is 11.3 Å². The Morgan fingerprint density at radius 1 is 1.06 bits per heavy atom. The van der Waals surface area contributed by atoms with E-state index in [-0.39, 0.29) is 17.6 Å². The predicted molar refractivity (Wildman–Crippen MR) is 132 cm³/mol. The van der Waals surface area contributed by atoms with Crippen molar-refractivity contribution in [3.8, 4) is 0 Å². The molecule has 1 unspecified atom stereocenters. The number of quaternary nitrogens is 1. The molecule has 168 valence electrons. The van der Waals surface area contributed by atoms with Gasteiger partial charge in [-0.2, -0.15) is 0 Å². The molecule has 0 aliphatic carbocycles. The van der Waals surface area contributed by atoms with Crippen molar-refractivity contribution >= 4 is 33.8 Å². The van der Waals surface area contributed by atoms with E-state index in [4.69, 9.17) is 5.73 Å². The van der Waals surface area contributed by atoms with Crippen molar-refractivity contribution in [2.24, 2.45) is 11.1 Å². The summed E-state index contributed by atoms with van der Waals surface area (Å²) in [4.78, 5) is 27.4. The zero-order chi connectivity index (χ0) is 23.1. The third-order valence-electron chi connectivity index (χ3n) is 6.27. The molecule has 1 amide bonds. The van der Waals surface area contributed by atoms with Gasteiger partial charge in [0.2, 0.25) is 5.91 Å². The topological polar surface area (TPSA) is 60.2 Å². The number of amides is 1. The van der Waals surface area contributed by atoms with Crippen LogP contribution in [0.15, 0.2) is 42.5 Å². The number of rotatable bonds is 6. The fraction of sp³-hybridized carbons (Fsp3) is 0.407. The van der Waals surface area contributed by atoms with Crippen LogP contribution in [0.3, 0.4) is 0 Å². The summed E-state index contributed by atoms with van der Waals surface area (Å²) in [5, 5.41) is 2.31. The number of fused-ring (bicyclic) bond motifs is 2. The average Bonchev–Trinajstić information content (AvgIpc) is 3.02. The highest BCUT2D eigenvalue weighted by Crippen LogP contribution is 2.37. The van der Waals surface area contributed by atoms with Gasteiger partial charge in [-0.3, -0.25) is 9.59 Å². The number of benzene rings is 2. The van der Waals surface area contributed by atoms with E-state index in [2.05, 4.69) is 52.1 Å². The molecule has 1 aliphatic rings. The van der Waals surface area contributed by atoms with Gasteiger partial charge in [0.25, 0.3) is 0 Å². The number of hydrogen-bond donors (Lipinski definition) is 1. The zero-order valence-corrected chi connectivity index (χ0v) is 20.3. The van der Waals surface area contributed by atoms with Crippen molar-refractivity contribution in [2.45, 2.75) is 46.6 Å². The van der Waals surface area contributed by atoms with Crippen molar-refractivity contribution in [3.05, 3.63) is 68.9 Å².